The molecule has 0 aromatic heterocycles. The molecule has 0 unspecified atom stereocenters. The molecule has 0 heterocycles. The van der Waals surface area contributed by atoms with E-state index in [0.29, 0.717) is 18.1 Å². The van der Waals surface area contributed by atoms with E-state index in [-0.39, 0.29) is 5.82 Å². The zero-order valence-electron chi connectivity index (χ0n) is 21.3. The standard InChI is InChI=1S/C33H39FO/c1-3-35-32-21-17-27(18-22-32)15-19-31-20-16-29(24-33(31)34)14-11-26-9-12-28(13-10-26)23-25(2)30-7-5-4-6-8-30/h4-8,15-22,24-26,28H,3,9-14,23H2,1-2H3/t25-,26?,28?/m1/s1. The van der Waals surface area contributed by atoms with Crippen molar-refractivity contribution in [1.29, 1.82) is 0 Å². The third-order valence-corrected chi connectivity index (χ3v) is 7.57. The Balaban J connectivity index is 1.22. The maximum absolute atomic E-state index is 14.7. The third-order valence-electron chi connectivity index (χ3n) is 7.57. The Morgan fingerprint density at radius 1 is 0.886 bits per heavy atom. The average molecular weight is 471 g/mol. The second kappa shape index (κ2) is 12.7. The van der Waals surface area contributed by atoms with Crippen LogP contribution >= 0.6 is 0 Å². The maximum atomic E-state index is 14.7. The molecule has 1 aliphatic rings. The molecular weight excluding hydrogens is 431 g/mol. The summed E-state index contributed by atoms with van der Waals surface area (Å²) in [4.78, 5) is 0. The van der Waals surface area contributed by atoms with Crippen molar-refractivity contribution in [3.05, 3.63) is 101 Å². The lowest BCUT2D eigenvalue weighted by molar-refractivity contribution is 0.245. The van der Waals surface area contributed by atoms with Gasteiger partial charge in [0.05, 0.1) is 6.61 Å². The third kappa shape index (κ3) is 7.56. The van der Waals surface area contributed by atoms with Crippen molar-refractivity contribution in [1.82, 2.24) is 0 Å². The number of rotatable bonds is 10. The van der Waals surface area contributed by atoms with E-state index in [9.17, 15) is 4.39 Å². The van der Waals surface area contributed by atoms with Crippen LogP contribution < -0.4 is 4.74 Å². The number of hydrogen-bond donors (Lipinski definition) is 0. The molecule has 0 N–H and O–H groups in total. The Kier molecular flexibility index (Phi) is 9.17. The second-order valence-electron chi connectivity index (χ2n) is 10.2. The van der Waals surface area contributed by atoms with Crippen LogP contribution in [0, 0.1) is 17.7 Å². The molecule has 4 rings (SSSR count). The van der Waals surface area contributed by atoms with Crippen LogP contribution in [0.4, 0.5) is 4.39 Å². The van der Waals surface area contributed by atoms with Crippen molar-refractivity contribution in [2.75, 3.05) is 6.61 Å². The van der Waals surface area contributed by atoms with Crippen LogP contribution in [0.15, 0.2) is 72.8 Å². The van der Waals surface area contributed by atoms with Gasteiger partial charge in [-0.25, -0.2) is 4.39 Å². The summed E-state index contributed by atoms with van der Waals surface area (Å²) < 4.78 is 20.2. The smallest absolute Gasteiger partial charge is 0.130 e. The molecule has 1 fully saturated rings. The van der Waals surface area contributed by atoms with Gasteiger partial charge in [0.1, 0.15) is 11.6 Å². The first kappa shape index (κ1) is 25.2. The lowest BCUT2D eigenvalue weighted by Gasteiger charge is -2.30. The van der Waals surface area contributed by atoms with Gasteiger partial charge in [-0.15, -0.1) is 0 Å². The van der Waals surface area contributed by atoms with E-state index in [4.69, 9.17) is 4.74 Å². The molecule has 1 atom stereocenters. The average Bonchev–Trinajstić information content (AvgIpc) is 2.89. The van der Waals surface area contributed by atoms with E-state index in [0.717, 1.165) is 35.1 Å². The Morgan fingerprint density at radius 2 is 1.60 bits per heavy atom. The van der Waals surface area contributed by atoms with Gasteiger partial charge in [0, 0.05) is 5.56 Å². The fraction of sp³-hybridized carbons (Fsp3) is 0.394. The number of benzene rings is 3. The van der Waals surface area contributed by atoms with Gasteiger partial charge in [0.25, 0.3) is 0 Å². The summed E-state index contributed by atoms with van der Waals surface area (Å²) in [5.41, 5.74) is 4.25. The van der Waals surface area contributed by atoms with Gasteiger partial charge in [-0.2, -0.15) is 0 Å². The zero-order chi connectivity index (χ0) is 24.5. The molecule has 3 aromatic carbocycles. The van der Waals surface area contributed by atoms with Gasteiger partial charge in [-0.1, -0.05) is 99.4 Å². The van der Waals surface area contributed by atoms with Crippen LogP contribution in [-0.2, 0) is 6.42 Å². The van der Waals surface area contributed by atoms with Crippen LogP contribution in [0.2, 0.25) is 0 Å². The fourth-order valence-electron chi connectivity index (χ4n) is 5.43. The Morgan fingerprint density at radius 3 is 2.29 bits per heavy atom. The summed E-state index contributed by atoms with van der Waals surface area (Å²) in [5, 5.41) is 0. The molecule has 0 saturated heterocycles. The highest BCUT2D eigenvalue weighted by Crippen LogP contribution is 2.37. The van der Waals surface area contributed by atoms with Crippen molar-refractivity contribution in [3.63, 3.8) is 0 Å². The molecule has 1 nitrogen and oxygen atoms in total. The summed E-state index contributed by atoms with van der Waals surface area (Å²) in [5.74, 6) is 2.99. The lowest BCUT2D eigenvalue weighted by Crippen LogP contribution is -2.17. The number of halogens is 1. The zero-order valence-corrected chi connectivity index (χ0v) is 21.3. The number of hydrogen-bond acceptors (Lipinski definition) is 1. The van der Waals surface area contributed by atoms with Crippen molar-refractivity contribution < 1.29 is 9.13 Å². The normalized spacial score (nSPS) is 19.1. The molecule has 0 amide bonds. The van der Waals surface area contributed by atoms with E-state index in [2.05, 4.69) is 43.3 Å². The summed E-state index contributed by atoms with van der Waals surface area (Å²) in [6, 6.07) is 24.5. The van der Waals surface area contributed by atoms with Crippen LogP contribution in [0.25, 0.3) is 12.2 Å². The Labute approximate surface area is 211 Å². The van der Waals surface area contributed by atoms with Crippen molar-refractivity contribution in [3.8, 4) is 5.75 Å². The van der Waals surface area contributed by atoms with Gasteiger partial charge < -0.3 is 4.74 Å². The molecule has 0 aliphatic heterocycles. The van der Waals surface area contributed by atoms with Crippen LogP contribution in [0.3, 0.4) is 0 Å². The van der Waals surface area contributed by atoms with Gasteiger partial charge in [0.2, 0.25) is 0 Å². The first-order valence-corrected chi connectivity index (χ1v) is 13.3. The molecule has 0 radical (unpaired) electrons. The molecule has 3 aromatic rings. The summed E-state index contributed by atoms with van der Waals surface area (Å²) in [7, 11) is 0. The van der Waals surface area contributed by atoms with Crippen LogP contribution in [0.1, 0.15) is 80.5 Å². The second-order valence-corrected chi connectivity index (χ2v) is 10.2. The molecule has 2 heteroatoms. The molecule has 1 saturated carbocycles. The Bertz CT molecular complexity index is 1060. The van der Waals surface area contributed by atoms with Crippen molar-refractivity contribution in [2.24, 2.45) is 11.8 Å². The molecular formula is C33H39FO. The Hall–Kier alpha value is -2.87. The summed E-state index contributed by atoms with van der Waals surface area (Å²) in [6.07, 6.45) is 12.6. The van der Waals surface area contributed by atoms with Gasteiger partial charge in [-0.3, -0.25) is 0 Å². The van der Waals surface area contributed by atoms with Crippen molar-refractivity contribution in [2.45, 2.75) is 64.7 Å². The van der Waals surface area contributed by atoms with E-state index >= 15 is 0 Å². The first-order chi connectivity index (χ1) is 17.1. The highest BCUT2D eigenvalue weighted by Gasteiger charge is 2.23. The van der Waals surface area contributed by atoms with E-state index in [1.807, 2.05) is 49.4 Å². The highest BCUT2D eigenvalue weighted by molar-refractivity contribution is 5.70. The summed E-state index contributed by atoms with van der Waals surface area (Å²) in [6.45, 7) is 4.99. The van der Waals surface area contributed by atoms with Crippen LogP contribution in [-0.4, -0.2) is 6.61 Å². The van der Waals surface area contributed by atoms with Gasteiger partial charge >= 0.3 is 0 Å². The largest absolute Gasteiger partial charge is 0.494 e. The topological polar surface area (TPSA) is 9.23 Å². The molecule has 35 heavy (non-hydrogen) atoms. The highest BCUT2D eigenvalue weighted by atomic mass is 19.1. The predicted molar refractivity (Wildman–Crippen MR) is 146 cm³/mol. The SMILES string of the molecule is CCOc1ccc(C=Cc2ccc(CCC3CCC(C[C@@H](C)c4ccccc4)CC3)cc2F)cc1. The van der Waals surface area contributed by atoms with Gasteiger partial charge in [0.15, 0.2) is 0 Å². The predicted octanol–water partition coefficient (Wildman–Crippen LogP) is 9.33. The molecule has 184 valence electrons. The molecule has 0 bridgehead atoms. The summed E-state index contributed by atoms with van der Waals surface area (Å²) >= 11 is 0. The van der Waals surface area contributed by atoms with Crippen LogP contribution in [0.5, 0.6) is 5.75 Å². The fourth-order valence-corrected chi connectivity index (χ4v) is 5.43. The number of aryl methyl sites for hydroxylation is 1. The van der Waals surface area contributed by atoms with Gasteiger partial charge in [-0.05, 0) is 78.8 Å². The van der Waals surface area contributed by atoms with Crippen molar-refractivity contribution >= 4 is 12.2 Å². The minimum atomic E-state index is -0.136. The van der Waals surface area contributed by atoms with E-state index < -0.39 is 0 Å². The minimum absolute atomic E-state index is 0.136. The van der Waals surface area contributed by atoms with E-state index in [1.165, 1.54) is 44.1 Å². The number of ether oxygens (including phenoxy) is 1. The maximum Gasteiger partial charge on any atom is 0.130 e. The lowest BCUT2D eigenvalue weighted by atomic mass is 9.75. The minimum Gasteiger partial charge on any atom is -0.494 e. The monoisotopic (exact) mass is 470 g/mol. The molecule has 1 aliphatic carbocycles. The molecule has 0 spiro atoms. The van der Waals surface area contributed by atoms with E-state index in [1.54, 1.807) is 6.07 Å². The first-order valence-electron chi connectivity index (χ1n) is 13.3. The quantitative estimate of drug-likeness (QED) is 0.268.